The summed E-state index contributed by atoms with van der Waals surface area (Å²) in [7, 11) is 0. The van der Waals surface area contributed by atoms with Crippen LogP contribution in [-0.2, 0) is 0 Å². The maximum Gasteiger partial charge on any atom is 0.258 e. The van der Waals surface area contributed by atoms with Crippen LogP contribution in [0.25, 0.3) is 5.69 Å². The second kappa shape index (κ2) is 5.95. The minimum Gasteiger partial charge on any atom is -0.320 e. The van der Waals surface area contributed by atoms with Gasteiger partial charge in [-0.3, -0.25) is 4.79 Å². The highest BCUT2D eigenvalue weighted by Crippen LogP contribution is 2.24. The van der Waals surface area contributed by atoms with E-state index < -0.39 is 11.7 Å². The highest BCUT2D eigenvalue weighted by atomic mass is 35.5. The van der Waals surface area contributed by atoms with Gasteiger partial charge in [0, 0.05) is 5.02 Å². The molecule has 0 aliphatic rings. The minimum absolute atomic E-state index is 0.0491. The standard InChI is InChI=1S/C15H10ClFN4O/c16-10-5-6-14(21-9-18-8-19-21)13(7-10)20-15(22)11-3-1-2-4-12(11)17/h1-9H,(H,20,22). The van der Waals surface area contributed by atoms with Crippen molar-refractivity contribution in [1.82, 2.24) is 14.8 Å². The topological polar surface area (TPSA) is 59.8 Å². The summed E-state index contributed by atoms with van der Waals surface area (Å²) in [4.78, 5) is 16.1. The van der Waals surface area contributed by atoms with E-state index in [9.17, 15) is 9.18 Å². The van der Waals surface area contributed by atoms with Gasteiger partial charge in [-0.05, 0) is 30.3 Å². The molecule has 0 saturated heterocycles. The molecule has 2 aromatic carbocycles. The molecule has 0 spiro atoms. The number of carbonyl (C=O) groups is 1. The third kappa shape index (κ3) is 2.82. The Morgan fingerprint density at radius 1 is 1.23 bits per heavy atom. The van der Waals surface area contributed by atoms with Crippen molar-refractivity contribution in [1.29, 1.82) is 0 Å². The molecule has 0 atom stereocenters. The summed E-state index contributed by atoms with van der Waals surface area (Å²) in [5.74, 6) is -1.16. The SMILES string of the molecule is O=C(Nc1cc(Cl)ccc1-n1cncn1)c1ccccc1F. The smallest absolute Gasteiger partial charge is 0.258 e. The zero-order chi connectivity index (χ0) is 15.5. The van der Waals surface area contributed by atoms with E-state index in [2.05, 4.69) is 15.4 Å². The zero-order valence-corrected chi connectivity index (χ0v) is 12.0. The molecule has 0 radical (unpaired) electrons. The lowest BCUT2D eigenvalue weighted by Gasteiger charge is -2.11. The second-order valence-corrected chi connectivity index (χ2v) is 4.87. The largest absolute Gasteiger partial charge is 0.320 e. The van der Waals surface area contributed by atoms with Crippen LogP contribution < -0.4 is 5.32 Å². The maximum absolute atomic E-state index is 13.7. The number of rotatable bonds is 3. The van der Waals surface area contributed by atoms with Crippen LogP contribution in [0.3, 0.4) is 0 Å². The fourth-order valence-electron chi connectivity index (χ4n) is 1.98. The van der Waals surface area contributed by atoms with E-state index in [1.165, 1.54) is 35.5 Å². The first kappa shape index (κ1) is 14.2. The average Bonchev–Trinajstić information content (AvgIpc) is 3.02. The third-order valence-electron chi connectivity index (χ3n) is 2.99. The van der Waals surface area contributed by atoms with Crippen LogP contribution in [0.2, 0.25) is 5.02 Å². The fourth-order valence-corrected chi connectivity index (χ4v) is 2.15. The van der Waals surface area contributed by atoms with Crippen molar-refractivity contribution in [2.45, 2.75) is 0 Å². The van der Waals surface area contributed by atoms with Crippen LogP contribution in [0.5, 0.6) is 0 Å². The number of hydrogen-bond donors (Lipinski definition) is 1. The van der Waals surface area contributed by atoms with Gasteiger partial charge in [-0.1, -0.05) is 23.7 Å². The predicted octanol–water partition coefficient (Wildman–Crippen LogP) is 3.31. The van der Waals surface area contributed by atoms with Gasteiger partial charge < -0.3 is 5.32 Å². The number of halogens is 2. The predicted molar refractivity (Wildman–Crippen MR) is 80.7 cm³/mol. The summed E-state index contributed by atoms with van der Waals surface area (Å²) in [6.45, 7) is 0. The van der Waals surface area contributed by atoms with Crippen molar-refractivity contribution >= 4 is 23.2 Å². The van der Waals surface area contributed by atoms with E-state index in [1.54, 1.807) is 24.3 Å². The van der Waals surface area contributed by atoms with Crippen LogP contribution in [0, 0.1) is 5.82 Å². The van der Waals surface area contributed by atoms with Crippen LogP contribution >= 0.6 is 11.6 Å². The summed E-state index contributed by atoms with van der Waals surface area (Å²) >= 11 is 5.97. The lowest BCUT2D eigenvalue weighted by atomic mass is 10.2. The van der Waals surface area contributed by atoms with E-state index in [4.69, 9.17) is 11.6 Å². The number of hydrogen-bond acceptors (Lipinski definition) is 3. The Kier molecular flexibility index (Phi) is 3.84. The molecule has 0 fully saturated rings. The Labute approximate surface area is 130 Å². The number of amides is 1. The molecule has 22 heavy (non-hydrogen) atoms. The third-order valence-corrected chi connectivity index (χ3v) is 3.23. The highest BCUT2D eigenvalue weighted by molar-refractivity contribution is 6.31. The molecule has 0 unspecified atom stereocenters. The molecule has 0 aliphatic carbocycles. The molecule has 0 aliphatic heterocycles. The first-order valence-corrected chi connectivity index (χ1v) is 6.73. The van der Waals surface area contributed by atoms with Crippen LogP contribution in [-0.4, -0.2) is 20.7 Å². The van der Waals surface area contributed by atoms with Crippen molar-refractivity contribution in [2.75, 3.05) is 5.32 Å². The Balaban J connectivity index is 1.97. The molecular weight excluding hydrogens is 307 g/mol. The second-order valence-electron chi connectivity index (χ2n) is 4.44. The van der Waals surface area contributed by atoms with Gasteiger partial charge in [0.15, 0.2) is 0 Å². The molecule has 1 N–H and O–H groups in total. The first-order valence-electron chi connectivity index (χ1n) is 6.35. The molecule has 1 aromatic heterocycles. The van der Waals surface area contributed by atoms with Gasteiger partial charge >= 0.3 is 0 Å². The van der Waals surface area contributed by atoms with Gasteiger partial charge in [0.2, 0.25) is 0 Å². The van der Waals surface area contributed by atoms with Gasteiger partial charge in [0.1, 0.15) is 18.5 Å². The molecule has 3 rings (SSSR count). The first-order chi connectivity index (χ1) is 10.6. The summed E-state index contributed by atoms with van der Waals surface area (Å²) in [6, 6.07) is 10.7. The van der Waals surface area contributed by atoms with Crippen molar-refractivity contribution in [2.24, 2.45) is 0 Å². The molecule has 7 heteroatoms. The molecule has 5 nitrogen and oxygen atoms in total. The summed E-state index contributed by atoms with van der Waals surface area (Å²) in [5, 5.41) is 7.09. The van der Waals surface area contributed by atoms with Crippen molar-refractivity contribution < 1.29 is 9.18 Å². The van der Waals surface area contributed by atoms with E-state index in [-0.39, 0.29) is 5.56 Å². The minimum atomic E-state index is -0.593. The quantitative estimate of drug-likeness (QED) is 0.806. The Morgan fingerprint density at radius 2 is 2.05 bits per heavy atom. The van der Waals surface area contributed by atoms with Crippen molar-refractivity contribution in [3.63, 3.8) is 0 Å². The van der Waals surface area contributed by atoms with Crippen LogP contribution in [0.15, 0.2) is 55.1 Å². The molecule has 1 amide bonds. The fraction of sp³-hybridized carbons (Fsp3) is 0. The highest BCUT2D eigenvalue weighted by Gasteiger charge is 2.14. The Morgan fingerprint density at radius 3 is 2.77 bits per heavy atom. The van der Waals surface area contributed by atoms with Gasteiger partial charge in [-0.25, -0.2) is 14.1 Å². The van der Waals surface area contributed by atoms with Gasteiger partial charge in [0.05, 0.1) is 16.9 Å². The van der Waals surface area contributed by atoms with Crippen LogP contribution in [0.1, 0.15) is 10.4 Å². The lowest BCUT2D eigenvalue weighted by molar-refractivity contribution is 0.102. The van der Waals surface area contributed by atoms with Gasteiger partial charge in [0.25, 0.3) is 5.91 Å². The normalized spacial score (nSPS) is 10.5. The van der Waals surface area contributed by atoms with Gasteiger partial charge in [-0.2, -0.15) is 5.10 Å². The van der Waals surface area contributed by atoms with E-state index >= 15 is 0 Å². The summed E-state index contributed by atoms with van der Waals surface area (Å²) < 4.78 is 15.2. The number of aromatic nitrogens is 3. The molecule has 110 valence electrons. The van der Waals surface area contributed by atoms with E-state index in [0.29, 0.717) is 16.4 Å². The summed E-state index contributed by atoms with van der Waals surface area (Å²) in [6.07, 6.45) is 2.86. The molecular formula is C15H10ClFN4O. The number of benzene rings is 2. The zero-order valence-electron chi connectivity index (χ0n) is 11.2. The number of nitrogens with zero attached hydrogens (tertiary/aromatic N) is 3. The lowest BCUT2D eigenvalue weighted by Crippen LogP contribution is -2.15. The van der Waals surface area contributed by atoms with Gasteiger partial charge in [-0.15, -0.1) is 0 Å². The van der Waals surface area contributed by atoms with Crippen molar-refractivity contribution in [3.05, 3.63) is 71.5 Å². The average molecular weight is 317 g/mol. The van der Waals surface area contributed by atoms with Crippen LogP contribution in [0.4, 0.5) is 10.1 Å². The van der Waals surface area contributed by atoms with E-state index in [1.807, 2.05) is 0 Å². The van der Waals surface area contributed by atoms with Crippen molar-refractivity contribution in [3.8, 4) is 5.69 Å². The van der Waals surface area contributed by atoms with E-state index in [0.717, 1.165) is 0 Å². The molecule has 1 heterocycles. The monoisotopic (exact) mass is 316 g/mol. The maximum atomic E-state index is 13.7. The Bertz CT molecular complexity index is 820. The number of carbonyl (C=O) groups excluding carboxylic acids is 1. The molecule has 0 bridgehead atoms. The summed E-state index contributed by atoms with van der Waals surface area (Å²) in [5.41, 5.74) is 0.935. The molecule has 0 saturated carbocycles. The number of anilines is 1. The number of nitrogens with one attached hydrogen (secondary N) is 1. The Hall–Kier alpha value is -2.73. The molecule has 3 aromatic rings.